The predicted molar refractivity (Wildman–Crippen MR) is 211 cm³/mol. The lowest BCUT2D eigenvalue weighted by Gasteiger charge is -2.36. The number of hydrogen-bond acceptors (Lipinski definition) is 0. The Morgan fingerprint density at radius 3 is 1.32 bits per heavy atom. The lowest BCUT2D eigenvalue weighted by molar-refractivity contribution is 0.353. The smallest absolute Gasteiger partial charge is 0.0215 e. The van der Waals surface area contributed by atoms with E-state index in [2.05, 4.69) is 121 Å². The molecule has 0 radical (unpaired) electrons. The Kier molecular flexibility index (Phi) is 5.49. The minimum absolute atomic E-state index is 0.0986. The molecule has 1 fully saturated rings. The third-order valence-corrected chi connectivity index (χ3v) is 13.3. The molecule has 0 nitrogen and oxygen atoms in total. The Bertz CT molecular complexity index is 2600. The van der Waals surface area contributed by atoms with Gasteiger partial charge in [-0.25, -0.2) is 0 Å². The molecule has 0 aliphatic heterocycles. The SMILES string of the molecule is c1cc2c3c(c1)ccc1cc(-c4ccc5c(c4)C4(CCCCC4)c4cc(-c6cc7c8c(ccc9cccc(c98)CC7)c6)ccc4-5)cc(c13)CC2. The van der Waals surface area contributed by atoms with Gasteiger partial charge in [0.1, 0.15) is 0 Å². The van der Waals surface area contributed by atoms with Gasteiger partial charge in [-0.15, -0.1) is 0 Å². The van der Waals surface area contributed by atoms with Crippen LogP contribution in [-0.2, 0) is 31.1 Å². The Hall–Kier alpha value is -5.20. The van der Waals surface area contributed by atoms with E-state index in [9.17, 15) is 0 Å². The van der Waals surface area contributed by atoms with Crippen molar-refractivity contribution >= 4 is 43.1 Å². The summed E-state index contributed by atoms with van der Waals surface area (Å²) >= 11 is 0. The highest BCUT2D eigenvalue weighted by atomic mass is 14.5. The number of aryl methyl sites for hydroxylation is 4. The molecule has 8 aromatic rings. The molecule has 0 aromatic heterocycles. The first-order valence-electron chi connectivity index (χ1n) is 19.0. The molecule has 0 amide bonds. The van der Waals surface area contributed by atoms with E-state index < -0.39 is 0 Å². The van der Waals surface area contributed by atoms with E-state index in [4.69, 9.17) is 0 Å². The largest absolute Gasteiger partial charge is 0.0614 e. The lowest BCUT2D eigenvalue weighted by Crippen LogP contribution is -2.28. The molecule has 8 aromatic carbocycles. The van der Waals surface area contributed by atoms with Crippen LogP contribution in [0.25, 0.3) is 76.5 Å². The quantitative estimate of drug-likeness (QED) is 0.165. The van der Waals surface area contributed by atoms with Crippen molar-refractivity contribution in [3.63, 3.8) is 0 Å². The summed E-state index contributed by atoms with van der Waals surface area (Å²) in [6, 6.07) is 48.0. The van der Waals surface area contributed by atoms with Crippen molar-refractivity contribution in [3.05, 3.63) is 155 Å². The minimum Gasteiger partial charge on any atom is -0.0614 e. The molecule has 1 spiro atoms. The van der Waals surface area contributed by atoms with E-state index in [0.29, 0.717) is 0 Å². The second-order valence-corrected chi connectivity index (χ2v) is 15.8. The summed E-state index contributed by atoms with van der Waals surface area (Å²) < 4.78 is 0. The molecule has 0 heterocycles. The Morgan fingerprint density at radius 2 is 0.800 bits per heavy atom. The molecule has 1 saturated carbocycles. The van der Waals surface area contributed by atoms with E-state index in [1.54, 1.807) is 11.1 Å². The van der Waals surface area contributed by atoms with Crippen LogP contribution in [0.4, 0.5) is 0 Å². The molecule has 0 saturated heterocycles. The van der Waals surface area contributed by atoms with Crippen molar-refractivity contribution in [3.8, 4) is 33.4 Å². The van der Waals surface area contributed by atoms with Crippen molar-refractivity contribution in [1.29, 1.82) is 0 Å². The third kappa shape index (κ3) is 3.67. The van der Waals surface area contributed by atoms with E-state index in [1.165, 1.54) is 131 Å². The molecular formula is C50H38. The monoisotopic (exact) mass is 638 g/mol. The summed E-state index contributed by atoms with van der Waals surface area (Å²) in [4.78, 5) is 0. The van der Waals surface area contributed by atoms with Crippen molar-refractivity contribution < 1.29 is 0 Å². The van der Waals surface area contributed by atoms with Crippen molar-refractivity contribution in [2.75, 3.05) is 0 Å². The van der Waals surface area contributed by atoms with Gasteiger partial charge in [0, 0.05) is 5.41 Å². The fourth-order valence-corrected chi connectivity index (χ4v) is 11.0. The topological polar surface area (TPSA) is 0 Å². The van der Waals surface area contributed by atoms with Gasteiger partial charge in [-0.05, 0) is 173 Å². The zero-order chi connectivity index (χ0) is 32.6. The number of hydrogen-bond donors (Lipinski definition) is 0. The molecular weight excluding hydrogens is 601 g/mol. The Balaban J connectivity index is 1.00. The van der Waals surface area contributed by atoms with Gasteiger partial charge in [0.15, 0.2) is 0 Å². The maximum absolute atomic E-state index is 2.60. The molecule has 0 bridgehead atoms. The van der Waals surface area contributed by atoms with Crippen LogP contribution in [0.15, 0.2) is 121 Å². The highest BCUT2D eigenvalue weighted by Gasteiger charge is 2.44. The van der Waals surface area contributed by atoms with Crippen molar-refractivity contribution in [2.45, 2.75) is 63.2 Å². The van der Waals surface area contributed by atoms with Crippen LogP contribution in [0, 0.1) is 0 Å². The van der Waals surface area contributed by atoms with Crippen LogP contribution < -0.4 is 0 Å². The first kappa shape index (κ1) is 27.6. The predicted octanol–water partition coefficient (Wildman–Crippen LogP) is 13.1. The van der Waals surface area contributed by atoms with Crippen LogP contribution >= 0.6 is 0 Å². The van der Waals surface area contributed by atoms with Gasteiger partial charge < -0.3 is 0 Å². The minimum atomic E-state index is 0.0986. The molecule has 238 valence electrons. The summed E-state index contributed by atoms with van der Waals surface area (Å²) in [5.74, 6) is 0. The molecule has 4 aliphatic rings. The number of rotatable bonds is 2. The van der Waals surface area contributed by atoms with Crippen LogP contribution in [0.1, 0.15) is 65.5 Å². The summed E-state index contributed by atoms with van der Waals surface area (Å²) in [5, 5.41) is 11.4. The molecule has 0 N–H and O–H groups in total. The Morgan fingerprint density at radius 1 is 0.340 bits per heavy atom. The molecule has 0 heteroatoms. The fraction of sp³-hybridized carbons (Fsp3) is 0.200. The second kappa shape index (κ2) is 9.95. The molecule has 0 atom stereocenters. The van der Waals surface area contributed by atoms with Gasteiger partial charge in [0.2, 0.25) is 0 Å². The van der Waals surface area contributed by atoms with Gasteiger partial charge in [-0.3, -0.25) is 0 Å². The van der Waals surface area contributed by atoms with Gasteiger partial charge in [-0.2, -0.15) is 0 Å². The number of benzene rings is 8. The van der Waals surface area contributed by atoms with Gasteiger partial charge in [0.05, 0.1) is 0 Å². The standard InChI is InChI=1S/C50H38/c1-2-22-50(23-3-1)44-28-34(40-24-36-14-10-30-6-4-7-31-11-15-37(25-40)48(36)46(30)31)18-20-42(44)43-21-19-35(29-45(43)50)41-26-38-16-12-32-8-5-9-33-13-17-39(27-41)49(38)47(32)33/h4-10,12,14,16,18-21,24-29H,1-3,11,13,15,17,22-23H2. The lowest BCUT2D eigenvalue weighted by atomic mass is 9.67. The van der Waals surface area contributed by atoms with E-state index in [-0.39, 0.29) is 5.41 Å². The van der Waals surface area contributed by atoms with Crippen molar-refractivity contribution in [1.82, 2.24) is 0 Å². The summed E-state index contributed by atoms with van der Waals surface area (Å²) in [5.41, 5.74) is 17.7. The van der Waals surface area contributed by atoms with E-state index >= 15 is 0 Å². The highest BCUT2D eigenvalue weighted by Crippen LogP contribution is 2.57. The maximum atomic E-state index is 2.60. The van der Waals surface area contributed by atoms with E-state index in [1.807, 2.05) is 0 Å². The molecule has 50 heavy (non-hydrogen) atoms. The van der Waals surface area contributed by atoms with Gasteiger partial charge >= 0.3 is 0 Å². The fourth-order valence-electron chi connectivity index (χ4n) is 11.0. The Labute approximate surface area is 293 Å². The normalized spacial score (nSPS) is 16.6. The summed E-state index contributed by atoms with van der Waals surface area (Å²) in [6.07, 6.45) is 11.0. The molecule has 12 rings (SSSR count). The summed E-state index contributed by atoms with van der Waals surface area (Å²) in [7, 11) is 0. The maximum Gasteiger partial charge on any atom is 0.0215 e. The van der Waals surface area contributed by atoms with Gasteiger partial charge in [-0.1, -0.05) is 116 Å². The van der Waals surface area contributed by atoms with E-state index in [0.717, 1.165) is 25.7 Å². The second-order valence-electron chi connectivity index (χ2n) is 15.8. The van der Waals surface area contributed by atoms with Crippen LogP contribution in [-0.4, -0.2) is 0 Å². The third-order valence-electron chi connectivity index (χ3n) is 13.3. The average molecular weight is 639 g/mol. The zero-order valence-corrected chi connectivity index (χ0v) is 28.4. The average Bonchev–Trinajstić information content (AvgIpc) is 3.43. The van der Waals surface area contributed by atoms with Crippen LogP contribution in [0.2, 0.25) is 0 Å². The highest BCUT2D eigenvalue weighted by molar-refractivity contribution is 6.14. The van der Waals surface area contributed by atoms with Gasteiger partial charge in [0.25, 0.3) is 0 Å². The number of fused-ring (bicyclic) bond motifs is 5. The zero-order valence-electron chi connectivity index (χ0n) is 28.4. The molecule has 0 unspecified atom stereocenters. The molecule has 4 aliphatic carbocycles. The first-order chi connectivity index (χ1) is 24.7. The first-order valence-corrected chi connectivity index (χ1v) is 19.0. The summed E-state index contributed by atoms with van der Waals surface area (Å²) in [6.45, 7) is 0. The van der Waals surface area contributed by atoms with Crippen LogP contribution in [0.3, 0.4) is 0 Å². The van der Waals surface area contributed by atoms with Crippen LogP contribution in [0.5, 0.6) is 0 Å². The van der Waals surface area contributed by atoms with Crippen molar-refractivity contribution in [2.24, 2.45) is 0 Å².